The molecule has 0 fully saturated rings. The molecule has 0 spiro atoms. The SMILES string of the molecule is Cc1cc(CNc2cc(C(F)(F)F)nc(-c3ccncc3)n2)ccc1F. The Balaban J connectivity index is 1.91. The van der Waals surface area contributed by atoms with Crippen LogP contribution in [0, 0.1) is 12.7 Å². The fraction of sp³-hybridized carbons (Fsp3) is 0.167. The number of alkyl halides is 3. The normalized spacial score (nSPS) is 11.4. The van der Waals surface area contributed by atoms with Crippen molar-refractivity contribution in [3.8, 4) is 11.4 Å². The number of aryl methyl sites for hydroxylation is 1. The second kappa shape index (κ2) is 7.07. The van der Waals surface area contributed by atoms with Crippen LogP contribution in [0.3, 0.4) is 0 Å². The number of aromatic nitrogens is 3. The molecule has 3 rings (SSSR count). The van der Waals surface area contributed by atoms with Gasteiger partial charge in [-0.2, -0.15) is 13.2 Å². The topological polar surface area (TPSA) is 50.7 Å². The van der Waals surface area contributed by atoms with Crippen molar-refractivity contribution in [1.82, 2.24) is 15.0 Å². The predicted octanol–water partition coefficient (Wildman–Crippen LogP) is 4.62. The average molecular weight is 362 g/mol. The Bertz CT molecular complexity index is 911. The number of benzene rings is 1. The quantitative estimate of drug-likeness (QED) is 0.688. The fourth-order valence-electron chi connectivity index (χ4n) is 2.32. The van der Waals surface area contributed by atoms with Crippen molar-refractivity contribution >= 4 is 5.82 Å². The van der Waals surface area contributed by atoms with Gasteiger partial charge in [-0.15, -0.1) is 0 Å². The van der Waals surface area contributed by atoms with Crippen LogP contribution in [0.25, 0.3) is 11.4 Å². The number of anilines is 1. The molecule has 0 saturated carbocycles. The molecule has 0 saturated heterocycles. The van der Waals surface area contributed by atoms with Crippen LogP contribution in [0.1, 0.15) is 16.8 Å². The van der Waals surface area contributed by atoms with E-state index in [0.717, 1.165) is 11.6 Å². The molecular weight excluding hydrogens is 348 g/mol. The summed E-state index contributed by atoms with van der Waals surface area (Å²) in [6.45, 7) is 1.82. The molecule has 0 unspecified atom stereocenters. The summed E-state index contributed by atoms with van der Waals surface area (Å²) in [6, 6.07) is 8.41. The molecule has 0 atom stereocenters. The molecule has 26 heavy (non-hydrogen) atoms. The molecule has 8 heteroatoms. The molecule has 3 aromatic rings. The lowest BCUT2D eigenvalue weighted by Gasteiger charge is -2.12. The maximum atomic E-state index is 13.3. The first-order valence-electron chi connectivity index (χ1n) is 7.68. The minimum Gasteiger partial charge on any atom is -0.366 e. The highest BCUT2D eigenvalue weighted by Crippen LogP contribution is 2.30. The van der Waals surface area contributed by atoms with Gasteiger partial charge in [0.15, 0.2) is 11.5 Å². The minimum atomic E-state index is -4.60. The van der Waals surface area contributed by atoms with Crippen molar-refractivity contribution in [2.75, 3.05) is 5.32 Å². The van der Waals surface area contributed by atoms with Gasteiger partial charge in [-0.1, -0.05) is 12.1 Å². The van der Waals surface area contributed by atoms with Crippen molar-refractivity contribution in [2.45, 2.75) is 19.6 Å². The molecule has 2 aromatic heterocycles. The predicted molar refractivity (Wildman–Crippen MR) is 88.7 cm³/mol. The number of hydrogen-bond acceptors (Lipinski definition) is 4. The summed E-state index contributed by atoms with van der Waals surface area (Å²) < 4.78 is 52.8. The number of nitrogens with one attached hydrogen (secondary N) is 1. The lowest BCUT2D eigenvalue weighted by atomic mass is 10.1. The number of halogens is 4. The second-order valence-corrected chi connectivity index (χ2v) is 5.63. The molecule has 1 N–H and O–H groups in total. The molecule has 4 nitrogen and oxygen atoms in total. The zero-order valence-corrected chi connectivity index (χ0v) is 13.7. The largest absolute Gasteiger partial charge is 0.433 e. The number of hydrogen-bond donors (Lipinski definition) is 1. The Hall–Kier alpha value is -3.03. The second-order valence-electron chi connectivity index (χ2n) is 5.63. The maximum absolute atomic E-state index is 13.3. The first-order valence-corrected chi connectivity index (χ1v) is 7.68. The van der Waals surface area contributed by atoms with E-state index in [1.165, 1.54) is 30.6 Å². The highest BCUT2D eigenvalue weighted by Gasteiger charge is 2.33. The molecule has 0 aliphatic heterocycles. The molecule has 0 bridgehead atoms. The third-order valence-corrected chi connectivity index (χ3v) is 3.65. The minimum absolute atomic E-state index is 0.0288. The van der Waals surface area contributed by atoms with E-state index in [-0.39, 0.29) is 24.0 Å². The van der Waals surface area contributed by atoms with E-state index in [4.69, 9.17) is 0 Å². The van der Waals surface area contributed by atoms with E-state index in [1.807, 2.05) is 0 Å². The van der Waals surface area contributed by atoms with Gasteiger partial charge in [-0.3, -0.25) is 4.98 Å². The molecule has 1 aromatic carbocycles. The fourth-order valence-corrected chi connectivity index (χ4v) is 2.32. The summed E-state index contributed by atoms with van der Waals surface area (Å²) in [5.74, 6) is -0.365. The van der Waals surface area contributed by atoms with Crippen LogP contribution in [-0.4, -0.2) is 15.0 Å². The van der Waals surface area contributed by atoms with Crippen LogP contribution in [0.4, 0.5) is 23.4 Å². The van der Waals surface area contributed by atoms with Gasteiger partial charge < -0.3 is 5.32 Å². The standard InChI is InChI=1S/C18H14F4N4/c1-11-8-12(2-3-14(11)19)10-24-16-9-15(18(20,21)22)25-17(26-16)13-4-6-23-7-5-13/h2-9H,10H2,1H3,(H,24,25,26). The summed E-state index contributed by atoms with van der Waals surface area (Å²) >= 11 is 0. The van der Waals surface area contributed by atoms with Crippen LogP contribution in [0.5, 0.6) is 0 Å². The highest BCUT2D eigenvalue weighted by molar-refractivity contribution is 5.57. The zero-order valence-electron chi connectivity index (χ0n) is 13.7. The average Bonchev–Trinajstić information content (AvgIpc) is 2.62. The molecule has 0 amide bonds. The Morgan fingerprint density at radius 1 is 1.00 bits per heavy atom. The van der Waals surface area contributed by atoms with Crippen molar-refractivity contribution < 1.29 is 17.6 Å². The molecule has 0 aliphatic carbocycles. The molecule has 2 heterocycles. The first-order chi connectivity index (χ1) is 12.3. The van der Waals surface area contributed by atoms with Gasteiger partial charge in [-0.25, -0.2) is 14.4 Å². The van der Waals surface area contributed by atoms with E-state index in [9.17, 15) is 17.6 Å². The molecular formula is C18H14F4N4. The summed E-state index contributed by atoms with van der Waals surface area (Å²) in [6.07, 6.45) is -1.70. The van der Waals surface area contributed by atoms with Crippen molar-refractivity contribution in [2.24, 2.45) is 0 Å². The van der Waals surface area contributed by atoms with Crippen LogP contribution in [0.15, 0.2) is 48.8 Å². The lowest BCUT2D eigenvalue weighted by Crippen LogP contribution is -2.12. The van der Waals surface area contributed by atoms with Crippen LogP contribution in [0.2, 0.25) is 0 Å². The van der Waals surface area contributed by atoms with Crippen molar-refractivity contribution in [1.29, 1.82) is 0 Å². The van der Waals surface area contributed by atoms with Gasteiger partial charge in [-0.05, 0) is 36.2 Å². The summed E-state index contributed by atoms with van der Waals surface area (Å²) in [5, 5.41) is 2.84. The summed E-state index contributed by atoms with van der Waals surface area (Å²) in [5.41, 5.74) is 0.561. The molecule has 134 valence electrons. The van der Waals surface area contributed by atoms with Gasteiger partial charge in [0, 0.05) is 30.6 Å². The first kappa shape index (κ1) is 17.8. The van der Waals surface area contributed by atoms with Gasteiger partial charge in [0.1, 0.15) is 11.6 Å². The van der Waals surface area contributed by atoms with Crippen molar-refractivity contribution in [3.05, 3.63) is 71.4 Å². The van der Waals surface area contributed by atoms with Crippen LogP contribution < -0.4 is 5.32 Å². The van der Waals surface area contributed by atoms with E-state index in [0.29, 0.717) is 11.1 Å². The third kappa shape index (κ3) is 4.14. The van der Waals surface area contributed by atoms with E-state index in [1.54, 1.807) is 19.1 Å². The Morgan fingerprint density at radius 2 is 1.73 bits per heavy atom. The third-order valence-electron chi connectivity index (χ3n) is 3.65. The highest BCUT2D eigenvalue weighted by atomic mass is 19.4. The van der Waals surface area contributed by atoms with E-state index in [2.05, 4.69) is 20.3 Å². The summed E-state index contributed by atoms with van der Waals surface area (Å²) in [4.78, 5) is 11.6. The van der Waals surface area contributed by atoms with Crippen molar-refractivity contribution in [3.63, 3.8) is 0 Å². The molecule has 0 aliphatic rings. The van der Waals surface area contributed by atoms with Gasteiger partial charge in [0.25, 0.3) is 0 Å². The zero-order chi connectivity index (χ0) is 18.7. The van der Waals surface area contributed by atoms with E-state index >= 15 is 0 Å². The Labute approximate surface area is 147 Å². The smallest absolute Gasteiger partial charge is 0.366 e. The monoisotopic (exact) mass is 362 g/mol. The lowest BCUT2D eigenvalue weighted by molar-refractivity contribution is -0.141. The van der Waals surface area contributed by atoms with Crippen LogP contribution >= 0.6 is 0 Å². The number of nitrogens with zero attached hydrogens (tertiary/aromatic N) is 3. The van der Waals surface area contributed by atoms with Gasteiger partial charge in [0.2, 0.25) is 0 Å². The van der Waals surface area contributed by atoms with Gasteiger partial charge >= 0.3 is 6.18 Å². The number of rotatable bonds is 4. The molecule has 0 radical (unpaired) electrons. The van der Waals surface area contributed by atoms with Crippen LogP contribution in [-0.2, 0) is 12.7 Å². The Morgan fingerprint density at radius 3 is 2.38 bits per heavy atom. The van der Waals surface area contributed by atoms with Gasteiger partial charge in [0.05, 0.1) is 0 Å². The number of pyridine rings is 1. The maximum Gasteiger partial charge on any atom is 0.433 e. The summed E-state index contributed by atoms with van der Waals surface area (Å²) in [7, 11) is 0. The Kier molecular flexibility index (Phi) is 4.83. The van der Waals surface area contributed by atoms with E-state index < -0.39 is 11.9 Å².